The van der Waals surface area contributed by atoms with E-state index in [0.717, 1.165) is 5.56 Å². The second-order valence-corrected chi connectivity index (χ2v) is 5.01. The van der Waals surface area contributed by atoms with Crippen LogP contribution in [0.4, 0.5) is 0 Å². The van der Waals surface area contributed by atoms with Crippen LogP contribution >= 0.6 is 0 Å². The lowest BCUT2D eigenvalue weighted by Crippen LogP contribution is -2.19. The Balaban J connectivity index is 2.41. The van der Waals surface area contributed by atoms with Crippen LogP contribution in [0.2, 0.25) is 0 Å². The van der Waals surface area contributed by atoms with E-state index in [9.17, 15) is 4.79 Å². The lowest BCUT2D eigenvalue weighted by atomic mass is 9.93. The second-order valence-electron chi connectivity index (χ2n) is 5.01. The summed E-state index contributed by atoms with van der Waals surface area (Å²) in [7, 11) is 1.91. The van der Waals surface area contributed by atoms with Gasteiger partial charge in [0.05, 0.1) is 11.6 Å². The molecule has 3 heteroatoms. The minimum atomic E-state index is -0.899. The van der Waals surface area contributed by atoms with Crippen LogP contribution in [0.15, 0.2) is 42.5 Å². The summed E-state index contributed by atoms with van der Waals surface area (Å²) in [4.78, 5) is 10.9. The largest absolute Gasteiger partial charge is 0.478 e. The van der Waals surface area contributed by atoms with Gasteiger partial charge in [-0.2, -0.15) is 0 Å². The maximum absolute atomic E-state index is 10.9. The molecule has 2 N–H and O–H groups in total. The van der Waals surface area contributed by atoms with Gasteiger partial charge in [-0.1, -0.05) is 35.9 Å². The summed E-state index contributed by atoms with van der Waals surface area (Å²) < 4.78 is 0. The van der Waals surface area contributed by atoms with Gasteiger partial charge in [0.1, 0.15) is 0 Å². The van der Waals surface area contributed by atoms with Gasteiger partial charge in [0, 0.05) is 0 Å². The Morgan fingerprint density at radius 1 is 1.10 bits per heavy atom. The molecule has 0 amide bonds. The molecule has 0 spiro atoms. The van der Waals surface area contributed by atoms with E-state index in [2.05, 4.69) is 37.4 Å². The predicted octanol–water partition coefficient (Wildman–Crippen LogP) is 3.31. The Bertz CT molecular complexity index is 617. The molecule has 1 unspecified atom stereocenters. The Kier molecular flexibility index (Phi) is 4.20. The normalized spacial score (nSPS) is 12.2. The molecule has 1 atom stereocenters. The first-order valence-corrected chi connectivity index (χ1v) is 6.60. The van der Waals surface area contributed by atoms with Crippen LogP contribution in [-0.4, -0.2) is 18.1 Å². The number of benzene rings is 2. The Hall–Kier alpha value is -2.13. The topological polar surface area (TPSA) is 49.3 Å². The van der Waals surface area contributed by atoms with Crippen molar-refractivity contribution in [2.24, 2.45) is 0 Å². The van der Waals surface area contributed by atoms with Crippen LogP contribution in [0, 0.1) is 13.8 Å². The molecule has 2 aromatic rings. The van der Waals surface area contributed by atoms with Crippen LogP contribution in [0.5, 0.6) is 0 Å². The monoisotopic (exact) mass is 269 g/mol. The summed E-state index contributed by atoms with van der Waals surface area (Å²) in [6.07, 6.45) is 0. The third kappa shape index (κ3) is 2.89. The molecule has 0 aliphatic rings. The van der Waals surface area contributed by atoms with Crippen molar-refractivity contribution in [3.63, 3.8) is 0 Å². The van der Waals surface area contributed by atoms with Crippen molar-refractivity contribution in [2.75, 3.05) is 7.05 Å². The number of hydrogen-bond donors (Lipinski definition) is 2. The lowest BCUT2D eigenvalue weighted by Gasteiger charge is -2.20. The molecule has 0 saturated heterocycles. The maximum Gasteiger partial charge on any atom is 0.335 e. The third-order valence-electron chi connectivity index (χ3n) is 3.53. The van der Waals surface area contributed by atoms with Crippen molar-refractivity contribution in [3.8, 4) is 0 Å². The summed E-state index contributed by atoms with van der Waals surface area (Å²) in [6.45, 7) is 4.16. The van der Waals surface area contributed by atoms with Crippen LogP contribution < -0.4 is 5.32 Å². The van der Waals surface area contributed by atoms with E-state index in [1.54, 1.807) is 12.1 Å². The van der Waals surface area contributed by atoms with Gasteiger partial charge in [0.25, 0.3) is 0 Å². The zero-order chi connectivity index (χ0) is 14.7. The molecule has 0 heterocycles. The average molecular weight is 269 g/mol. The van der Waals surface area contributed by atoms with Crippen LogP contribution in [0.25, 0.3) is 0 Å². The van der Waals surface area contributed by atoms with Crippen molar-refractivity contribution in [3.05, 3.63) is 70.3 Å². The zero-order valence-electron chi connectivity index (χ0n) is 12.0. The minimum absolute atomic E-state index is 0.0674. The van der Waals surface area contributed by atoms with E-state index < -0.39 is 5.97 Å². The summed E-state index contributed by atoms with van der Waals surface area (Å²) >= 11 is 0. The number of rotatable bonds is 4. The Morgan fingerprint density at radius 2 is 1.75 bits per heavy atom. The summed E-state index contributed by atoms with van der Waals surface area (Å²) in [5.74, 6) is -0.899. The number of nitrogens with one attached hydrogen (secondary N) is 1. The van der Waals surface area contributed by atoms with E-state index in [4.69, 9.17) is 5.11 Å². The Labute approximate surface area is 119 Å². The van der Waals surface area contributed by atoms with Gasteiger partial charge in [0.2, 0.25) is 0 Å². The summed E-state index contributed by atoms with van der Waals surface area (Å²) in [6, 6.07) is 13.5. The third-order valence-corrected chi connectivity index (χ3v) is 3.53. The Morgan fingerprint density at radius 3 is 2.30 bits per heavy atom. The molecule has 0 aromatic heterocycles. The highest BCUT2D eigenvalue weighted by molar-refractivity contribution is 5.87. The van der Waals surface area contributed by atoms with Gasteiger partial charge >= 0.3 is 5.97 Å². The fourth-order valence-electron chi connectivity index (χ4n) is 2.39. The van der Waals surface area contributed by atoms with Crippen LogP contribution in [-0.2, 0) is 0 Å². The molecular weight excluding hydrogens is 250 g/mol. The first-order valence-electron chi connectivity index (χ1n) is 6.60. The summed E-state index contributed by atoms with van der Waals surface area (Å²) in [5.41, 5.74) is 5.02. The van der Waals surface area contributed by atoms with E-state index >= 15 is 0 Å². The maximum atomic E-state index is 10.9. The fraction of sp³-hybridized carbons (Fsp3) is 0.235. The van der Waals surface area contributed by atoms with Gasteiger partial charge in [0.15, 0.2) is 0 Å². The molecule has 0 aliphatic heterocycles. The fourth-order valence-corrected chi connectivity index (χ4v) is 2.39. The molecule has 0 saturated carbocycles. The van der Waals surface area contributed by atoms with Gasteiger partial charge in [-0.25, -0.2) is 4.79 Å². The van der Waals surface area contributed by atoms with Crippen LogP contribution in [0.3, 0.4) is 0 Å². The number of aromatic carboxylic acids is 1. The van der Waals surface area contributed by atoms with E-state index in [1.165, 1.54) is 16.7 Å². The molecule has 3 nitrogen and oxygen atoms in total. The molecule has 0 bridgehead atoms. The second kappa shape index (κ2) is 5.88. The highest BCUT2D eigenvalue weighted by Crippen LogP contribution is 2.25. The number of hydrogen-bond acceptors (Lipinski definition) is 2. The zero-order valence-corrected chi connectivity index (χ0v) is 12.0. The molecule has 2 rings (SSSR count). The van der Waals surface area contributed by atoms with Gasteiger partial charge in [-0.05, 0) is 49.7 Å². The molecule has 0 fully saturated rings. The first kappa shape index (κ1) is 14.3. The number of carboxylic acid groups (broad SMARTS) is 1. The number of carbonyl (C=O) groups is 1. The van der Waals surface area contributed by atoms with Crippen molar-refractivity contribution >= 4 is 5.97 Å². The minimum Gasteiger partial charge on any atom is -0.478 e. The molecular formula is C17H19NO2. The van der Waals surface area contributed by atoms with E-state index in [1.807, 2.05) is 19.2 Å². The molecule has 0 radical (unpaired) electrons. The molecule has 0 aliphatic carbocycles. The lowest BCUT2D eigenvalue weighted by molar-refractivity contribution is 0.0697. The van der Waals surface area contributed by atoms with Gasteiger partial charge in [-0.3, -0.25) is 0 Å². The molecule has 2 aromatic carbocycles. The van der Waals surface area contributed by atoms with Crippen molar-refractivity contribution < 1.29 is 9.90 Å². The van der Waals surface area contributed by atoms with E-state index in [-0.39, 0.29) is 6.04 Å². The van der Waals surface area contributed by atoms with Crippen molar-refractivity contribution in [2.45, 2.75) is 19.9 Å². The van der Waals surface area contributed by atoms with Gasteiger partial charge in [-0.15, -0.1) is 0 Å². The highest BCUT2D eigenvalue weighted by Gasteiger charge is 2.15. The molecule has 104 valence electrons. The average Bonchev–Trinajstić information content (AvgIpc) is 2.44. The van der Waals surface area contributed by atoms with Crippen molar-refractivity contribution in [1.29, 1.82) is 0 Å². The predicted molar refractivity (Wildman–Crippen MR) is 80.2 cm³/mol. The van der Waals surface area contributed by atoms with Crippen LogP contribution in [0.1, 0.15) is 38.7 Å². The SMILES string of the molecule is CNC(c1ccc(C(=O)O)cc1)c1cc(C)ccc1C. The molecule has 20 heavy (non-hydrogen) atoms. The smallest absolute Gasteiger partial charge is 0.335 e. The van der Waals surface area contributed by atoms with Crippen molar-refractivity contribution in [1.82, 2.24) is 5.32 Å². The highest BCUT2D eigenvalue weighted by atomic mass is 16.4. The van der Waals surface area contributed by atoms with E-state index in [0.29, 0.717) is 5.56 Å². The summed E-state index contributed by atoms with van der Waals surface area (Å²) in [5, 5.41) is 12.3. The number of carboxylic acids is 1. The standard InChI is InChI=1S/C17H19NO2/c1-11-4-5-12(2)15(10-11)16(18-3)13-6-8-14(9-7-13)17(19)20/h4-10,16,18H,1-3H3,(H,19,20). The first-order chi connectivity index (χ1) is 9.52. The number of aryl methyl sites for hydroxylation is 2. The van der Waals surface area contributed by atoms with Gasteiger partial charge < -0.3 is 10.4 Å². The quantitative estimate of drug-likeness (QED) is 0.895.